The normalized spacial score (nSPS) is 18.3. The van der Waals surface area contributed by atoms with Gasteiger partial charge in [-0.3, -0.25) is 9.89 Å². The van der Waals surface area contributed by atoms with E-state index < -0.39 is 0 Å². The molecule has 22 heavy (non-hydrogen) atoms. The zero-order valence-corrected chi connectivity index (χ0v) is 13.0. The molecule has 116 valence electrons. The van der Waals surface area contributed by atoms with E-state index in [1.54, 1.807) is 7.11 Å². The summed E-state index contributed by atoms with van der Waals surface area (Å²) in [5, 5.41) is 7.15. The Morgan fingerprint density at radius 1 is 1.36 bits per heavy atom. The van der Waals surface area contributed by atoms with Crippen molar-refractivity contribution in [2.75, 3.05) is 13.7 Å². The first-order valence-corrected chi connectivity index (χ1v) is 7.70. The molecule has 0 radical (unpaired) electrons. The highest BCUT2D eigenvalue weighted by molar-refractivity contribution is 5.93. The molecule has 1 fully saturated rings. The fourth-order valence-electron chi connectivity index (χ4n) is 2.92. The van der Waals surface area contributed by atoms with Crippen molar-refractivity contribution in [2.45, 2.75) is 32.2 Å². The van der Waals surface area contributed by atoms with Gasteiger partial charge in [0, 0.05) is 18.2 Å². The van der Waals surface area contributed by atoms with E-state index >= 15 is 0 Å². The smallest absolute Gasteiger partial charge is 0.272 e. The van der Waals surface area contributed by atoms with E-state index in [0.717, 1.165) is 36.4 Å². The van der Waals surface area contributed by atoms with Gasteiger partial charge in [0.15, 0.2) is 0 Å². The number of benzene rings is 1. The summed E-state index contributed by atoms with van der Waals surface area (Å²) < 4.78 is 5.23. The van der Waals surface area contributed by atoms with E-state index in [0.29, 0.717) is 11.7 Å². The summed E-state index contributed by atoms with van der Waals surface area (Å²) >= 11 is 0. The first kappa shape index (κ1) is 14.6. The number of ether oxygens (including phenoxy) is 1. The number of carbonyl (C=O) groups excluding carboxylic acids is 1. The van der Waals surface area contributed by atoms with E-state index in [-0.39, 0.29) is 5.91 Å². The number of methoxy groups -OCH3 is 1. The molecule has 5 heteroatoms. The summed E-state index contributed by atoms with van der Waals surface area (Å²) in [6.45, 7) is 2.93. The molecule has 1 N–H and O–H groups in total. The van der Waals surface area contributed by atoms with Crippen LogP contribution in [0.1, 0.15) is 36.7 Å². The van der Waals surface area contributed by atoms with Crippen LogP contribution in [0.15, 0.2) is 30.3 Å². The lowest BCUT2D eigenvalue weighted by molar-refractivity contribution is 0.0629. The van der Waals surface area contributed by atoms with E-state index in [1.165, 1.54) is 6.42 Å². The number of piperidine rings is 1. The van der Waals surface area contributed by atoms with Crippen molar-refractivity contribution in [1.82, 2.24) is 15.1 Å². The van der Waals surface area contributed by atoms with Crippen LogP contribution < -0.4 is 4.74 Å². The van der Waals surface area contributed by atoms with Gasteiger partial charge >= 0.3 is 0 Å². The molecule has 2 heterocycles. The minimum absolute atomic E-state index is 0.0360. The van der Waals surface area contributed by atoms with Crippen LogP contribution in [-0.2, 0) is 0 Å². The molecule has 1 atom stereocenters. The second-order valence-corrected chi connectivity index (χ2v) is 5.74. The molecule has 0 spiro atoms. The highest BCUT2D eigenvalue weighted by Gasteiger charge is 2.25. The number of nitrogens with zero attached hydrogens (tertiary/aromatic N) is 2. The summed E-state index contributed by atoms with van der Waals surface area (Å²) in [6, 6.07) is 9.78. The predicted octanol–water partition coefficient (Wildman–Crippen LogP) is 3.10. The molecule has 0 saturated carbocycles. The van der Waals surface area contributed by atoms with Gasteiger partial charge in [-0.25, -0.2) is 0 Å². The topological polar surface area (TPSA) is 58.2 Å². The predicted molar refractivity (Wildman–Crippen MR) is 84.9 cm³/mol. The molecule has 5 nitrogen and oxygen atoms in total. The van der Waals surface area contributed by atoms with Crippen LogP contribution in [0.5, 0.6) is 5.75 Å². The van der Waals surface area contributed by atoms with Gasteiger partial charge in [-0.1, -0.05) is 12.1 Å². The number of rotatable bonds is 3. The lowest BCUT2D eigenvalue weighted by Crippen LogP contribution is -2.42. The average molecular weight is 299 g/mol. The number of nitrogens with one attached hydrogen (secondary N) is 1. The van der Waals surface area contributed by atoms with E-state index in [9.17, 15) is 4.79 Å². The van der Waals surface area contributed by atoms with Gasteiger partial charge in [0.25, 0.3) is 5.91 Å². The fourth-order valence-corrected chi connectivity index (χ4v) is 2.92. The summed E-state index contributed by atoms with van der Waals surface area (Å²) in [4.78, 5) is 14.5. The number of amides is 1. The number of aromatic nitrogens is 2. The molecule has 1 aromatic carbocycles. The van der Waals surface area contributed by atoms with Crippen molar-refractivity contribution in [1.29, 1.82) is 0 Å². The molecular formula is C17H21N3O2. The van der Waals surface area contributed by atoms with Crippen LogP contribution in [0.25, 0.3) is 11.3 Å². The van der Waals surface area contributed by atoms with Crippen LogP contribution in [-0.4, -0.2) is 40.7 Å². The Balaban J connectivity index is 1.82. The molecule has 2 aromatic rings. The molecule has 3 rings (SSSR count). The maximum atomic E-state index is 12.6. The van der Waals surface area contributed by atoms with Crippen LogP contribution >= 0.6 is 0 Å². The Hall–Kier alpha value is -2.30. The Morgan fingerprint density at radius 2 is 2.23 bits per heavy atom. The Kier molecular flexibility index (Phi) is 4.13. The molecule has 1 amide bonds. The zero-order chi connectivity index (χ0) is 15.5. The first-order valence-electron chi connectivity index (χ1n) is 7.70. The largest absolute Gasteiger partial charge is 0.497 e. The highest BCUT2D eigenvalue weighted by atomic mass is 16.5. The van der Waals surface area contributed by atoms with Crippen molar-refractivity contribution in [3.05, 3.63) is 36.0 Å². The summed E-state index contributed by atoms with van der Waals surface area (Å²) in [7, 11) is 1.64. The summed E-state index contributed by atoms with van der Waals surface area (Å²) in [6.07, 6.45) is 3.35. The van der Waals surface area contributed by atoms with Crippen molar-refractivity contribution >= 4 is 5.91 Å². The molecule has 1 saturated heterocycles. The minimum atomic E-state index is 0.0360. The lowest BCUT2D eigenvalue weighted by Gasteiger charge is -2.32. The summed E-state index contributed by atoms with van der Waals surface area (Å²) in [5.41, 5.74) is 2.24. The van der Waals surface area contributed by atoms with Crippen molar-refractivity contribution < 1.29 is 9.53 Å². The molecule has 1 aliphatic rings. The average Bonchev–Trinajstić information content (AvgIpc) is 3.05. The van der Waals surface area contributed by atoms with E-state index in [4.69, 9.17) is 4.74 Å². The van der Waals surface area contributed by atoms with Crippen molar-refractivity contribution in [3.8, 4) is 17.0 Å². The molecule has 0 aliphatic carbocycles. The third-order valence-electron chi connectivity index (χ3n) is 4.24. The van der Waals surface area contributed by atoms with Crippen LogP contribution in [0.2, 0.25) is 0 Å². The Morgan fingerprint density at radius 3 is 3.00 bits per heavy atom. The quantitative estimate of drug-likeness (QED) is 0.947. The molecule has 1 unspecified atom stereocenters. The van der Waals surface area contributed by atoms with Crippen LogP contribution in [0, 0.1) is 0 Å². The molecule has 1 aliphatic heterocycles. The second kappa shape index (κ2) is 6.22. The van der Waals surface area contributed by atoms with Gasteiger partial charge in [0.2, 0.25) is 0 Å². The van der Waals surface area contributed by atoms with Gasteiger partial charge < -0.3 is 9.64 Å². The zero-order valence-electron chi connectivity index (χ0n) is 13.0. The minimum Gasteiger partial charge on any atom is -0.497 e. The number of aromatic amines is 1. The number of hydrogen-bond donors (Lipinski definition) is 1. The monoisotopic (exact) mass is 299 g/mol. The van der Waals surface area contributed by atoms with Gasteiger partial charge in [-0.05, 0) is 44.4 Å². The van der Waals surface area contributed by atoms with Crippen molar-refractivity contribution in [3.63, 3.8) is 0 Å². The third-order valence-corrected chi connectivity index (χ3v) is 4.24. The SMILES string of the molecule is COc1cccc(-c2cc(C(=O)N3CCCCC3C)[nH]n2)c1. The first-order chi connectivity index (χ1) is 10.7. The third kappa shape index (κ3) is 2.84. The summed E-state index contributed by atoms with van der Waals surface area (Å²) in [5.74, 6) is 0.812. The van der Waals surface area contributed by atoms with Gasteiger partial charge in [0.05, 0.1) is 12.8 Å². The van der Waals surface area contributed by atoms with Crippen LogP contribution in [0.3, 0.4) is 0 Å². The van der Waals surface area contributed by atoms with E-state index in [2.05, 4.69) is 17.1 Å². The number of hydrogen-bond acceptors (Lipinski definition) is 3. The van der Waals surface area contributed by atoms with Gasteiger partial charge in [-0.15, -0.1) is 0 Å². The second-order valence-electron chi connectivity index (χ2n) is 5.74. The van der Waals surface area contributed by atoms with E-state index in [1.807, 2.05) is 35.2 Å². The standard InChI is InChI=1S/C17H21N3O2/c1-12-6-3-4-9-20(12)17(21)16-11-15(18-19-16)13-7-5-8-14(10-13)22-2/h5,7-8,10-12H,3-4,6,9H2,1-2H3,(H,18,19). The number of carbonyl (C=O) groups is 1. The Bertz CT molecular complexity index is 665. The maximum absolute atomic E-state index is 12.6. The van der Waals surface area contributed by atoms with Crippen LogP contribution in [0.4, 0.5) is 0 Å². The molecule has 0 bridgehead atoms. The highest BCUT2D eigenvalue weighted by Crippen LogP contribution is 2.24. The number of likely N-dealkylation sites (tertiary alicyclic amines) is 1. The molecular weight excluding hydrogens is 278 g/mol. The van der Waals surface area contributed by atoms with Crippen molar-refractivity contribution in [2.24, 2.45) is 0 Å². The maximum Gasteiger partial charge on any atom is 0.272 e. The Labute approximate surface area is 130 Å². The number of H-pyrrole nitrogens is 1. The fraction of sp³-hybridized carbons (Fsp3) is 0.412. The van der Waals surface area contributed by atoms with Gasteiger partial charge in [-0.2, -0.15) is 5.10 Å². The van der Waals surface area contributed by atoms with Gasteiger partial charge in [0.1, 0.15) is 11.4 Å². The lowest BCUT2D eigenvalue weighted by atomic mass is 10.0. The molecule has 1 aromatic heterocycles.